The third kappa shape index (κ3) is 4.45. The molecule has 0 spiro atoms. The fourth-order valence-electron chi connectivity index (χ4n) is 1.73. The van der Waals surface area contributed by atoms with E-state index < -0.39 is 11.0 Å². The van der Waals surface area contributed by atoms with Crippen molar-refractivity contribution in [3.8, 4) is 0 Å². The van der Waals surface area contributed by atoms with Crippen LogP contribution in [0.5, 0.6) is 0 Å². The molecule has 0 aromatic rings. The summed E-state index contributed by atoms with van der Waals surface area (Å²) >= 11 is 0. The molecule has 2 nitrogen and oxygen atoms in total. The molecule has 0 aromatic heterocycles. The molecular formula is C12H23NOS. The molecule has 0 aliphatic heterocycles. The second kappa shape index (κ2) is 5.24. The predicted octanol–water partition coefficient (Wildman–Crippen LogP) is 3.35. The van der Waals surface area contributed by atoms with Crippen molar-refractivity contribution in [2.75, 3.05) is 0 Å². The zero-order valence-electron chi connectivity index (χ0n) is 10.3. The molecule has 1 atom stereocenters. The van der Waals surface area contributed by atoms with Crippen molar-refractivity contribution >= 4 is 17.2 Å². The SMILES string of the molecule is CC1CCC(C=N[S@@](=O)C(C)(C)C)CC1. The molecule has 1 rings (SSSR count). The van der Waals surface area contributed by atoms with E-state index in [-0.39, 0.29) is 4.75 Å². The minimum atomic E-state index is -1.08. The highest BCUT2D eigenvalue weighted by Gasteiger charge is 2.20. The Morgan fingerprint density at radius 2 is 1.73 bits per heavy atom. The van der Waals surface area contributed by atoms with Crippen LogP contribution in [-0.4, -0.2) is 15.2 Å². The first-order valence-corrected chi connectivity index (χ1v) is 6.96. The van der Waals surface area contributed by atoms with Crippen LogP contribution in [0.4, 0.5) is 0 Å². The first-order chi connectivity index (χ1) is 6.89. The Bertz CT molecular complexity index is 247. The molecule has 1 aliphatic carbocycles. The van der Waals surface area contributed by atoms with E-state index in [9.17, 15) is 4.21 Å². The maximum atomic E-state index is 11.7. The molecule has 1 aliphatic rings. The van der Waals surface area contributed by atoms with Gasteiger partial charge in [-0.05, 0) is 45.4 Å². The summed E-state index contributed by atoms with van der Waals surface area (Å²) in [4.78, 5) is 0. The van der Waals surface area contributed by atoms with Crippen molar-refractivity contribution in [2.24, 2.45) is 16.2 Å². The van der Waals surface area contributed by atoms with E-state index in [4.69, 9.17) is 0 Å². The highest BCUT2D eigenvalue weighted by Crippen LogP contribution is 2.27. The largest absolute Gasteiger partial charge is 0.234 e. The third-order valence-corrected chi connectivity index (χ3v) is 4.31. The molecule has 15 heavy (non-hydrogen) atoms. The van der Waals surface area contributed by atoms with Gasteiger partial charge in [0.15, 0.2) is 0 Å². The quantitative estimate of drug-likeness (QED) is 0.668. The number of nitrogens with zero attached hydrogens (tertiary/aromatic N) is 1. The highest BCUT2D eigenvalue weighted by atomic mass is 32.2. The van der Waals surface area contributed by atoms with E-state index >= 15 is 0 Å². The zero-order chi connectivity index (χ0) is 11.5. The fourth-order valence-corrected chi connectivity index (χ4v) is 2.33. The normalized spacial score (nSPS) is 30.7. The van der Waals surface area contributed by atoms with E-state index in [1.165, 1.54) is 25.7 Å². The third-order valence-electron chi connectivity index (χ3n) is 2.95. The van der Waals surface area contributed by atoms with Crippen LogP contribution >= 0.6 is 0 Å². The molecule has 0 N–H and O–H groups in total. The van der Waals surface area contributed by atoms with Crippen molar-refractivity contribution < 1.29 is 4.21 Å². The molecule has 0 heterocycles. The topological polar surface area (TPSA) is 29.4 Å². The molecule has 1 saturated carbocycles. The zero-order valence-corrected chi connectivity index (χ0v) is 11.1. The van der Waals surface area contributed by atoms with Gasteiger partial charge in [0.05, 0.1) is 4.75 Å². The lowest BCUT2D eigenvalue weighted by Gasteiger charge is -2.23. The molecule has 88 valence electrons. The van der Waals surface area contributed by atoms with Gasteiger partial charge in [-0.3, -0.25) is 0 Å². The Hall–Kier alpha value is -0.180. The Kier molecular flexibility index (Phi) is 4.50. The standard InChI is InChI=1S/C12H23NOS/c1-10-5-7-11(8-6-10)9-13-15(14)12(2,3)4/h9-11H,5-8H2,1-4H3/t10?,11?,15-/m0/s1. The smallest absolute Gasteiger partial charge is 0.144 e. The monoisotopic (exact) mass is 229 g/mol. The van der Waals surface area contributed by atoms with Crippen molar-refractivity contribution in [3.63, 3.8) is 0 Å². The van der Waals surface area contributed by atoms with Gasteiger partial charge >= 0.3 is 0 Å². The van der Waals surface area contributed by atoms with E-state index in [2.05, 4.69) is 11.3 Å². The van der Waals surface area contributed by atoms with Crippen molar-refractivity contribution in [1.29, 1.82) is 0 Å². The van der Waals surface area contributed by atoms with Gasteiger partial charge in [0.25, 0.3) is 0 Å². The van der Waals surface area contributed by atoms with Gasteiger partial charge in [0.2, 0.25) is 0 Å². The number of hydrogen-bond donors (Lipinski definition) is 0. The Morgan fingerprint density at radius 1 is 1.20 bits per heavy atom. The summed E-state index contributed by atoms with van der Waals surface area (Å²) in [6, 6.07) is 0. The second-order valence-corrected chi connectivity index (χ2v) is 7.57. The molecule has 3 heteroatoms. The summed E-state index contributed by atoms with van der Waals surface area (Å²) in [6.45, 7) is 8.19. The van der Waals surface area contributed by atoms with Gasteiger partial charge in [-0.15, -0.1) is 0 Å². The summed E-state index contributed by atoms with van der Waals surface area (Å²) in [6.07, 6.45) is 6.95. The summed E-state index contributed by atoms with van der Waals surface area (Å²) in [5.41, 5.74) is 0. The summed E-state index contributed by atoms with van der Waals surface area (Å²) in [7, 11) is -1.08. The number of rotatable bonds is 2. The van der Waals surface area contributed by atoms with E-state index in [0.717, 1.165) is 5.92 Å². The van der Waals surface area contributed by atoms with Crippen LogP contribution in [0.1, 0.15) is 53.4 Å². The Balaban J connectivity index is 2.42. The Labute approximate surface area is 96.2 Å². The summed E-state index contributed by atoms with van der Waals surface area (Å²) < 4.78 is 15.7. The van der Waals surface area contributed by atoms with Crippen molar-refractivity contribution in [2.45, 2.75) is 58.1 Å². The molecule has 0 aromatic carbocycles. The van der Waals surface area contributed by atoms with E-state index in [0.29, 0.717) is 5.92 Å². The van der Waals surface area contributed by atoms with E-state index in [1.807, 2.05) is 27.0 Å². The van der Waals surface area contributed by atoms with Crippen LogP contribution in [0.25, 0.3) is 0 Å². The average molecular weight is 229 g/mol. The van der Waals surface area contributed by atoms with Gasteiger partial charge in [-0.25, -0.2) is 4.21 Å². The Morgan fingerprint density at radius 3 is 2.20 bits per heavy atom. The first-order valence-electron chi connectivity index (χ1n) is 5.86. The molecule has 0 radical (unpaired) electrons. The maximum absolute atomic E-state index is 11.7. The lowest BCUT2D eigenvalue weighted by Crippen LogP contribution is -2.21. The lowest BCUT2D eigenvalue weighted by atomic mass is 9.84. The maximum Gasteiger partial charge on any atom is 0.144 e. The van der Waals surface area contributed by atoms with Gasteiger partial charge in [-0.2, -0.15) is 4.40 Å². The van der Waals surface area contributed by atoms with Crippen LogP contribution in [0.15, 0.2) is 4.40 Å². The van der Waals surface area contributed by atoms with Crippen LogP contribution < -0.4 is 0 Å². The number of hydrogen-bond acceptors (Lipinski definition) is 1. The van der Waals surface area contributed by atoms with Crippen LogP contribution in [0.3, 0.4) is 0 Å². The molecule has 0 bridgehead atoms. The van der Waals surface area contributed by atoms with Crippen molar-refractivity contribution in [1.82, 2.24) is 0 Å². The van der Waals surface area contributed by atoms with Crippen LogP contribution in [0, 0.1) is 11.8 Å². The van der Waals surface area contributed by atoms with Crippen LogP contribution in [0.2, 0.25) is 0 Å². The van der Waals surface area contributed by atoms with Crippen molar-refractivity contribution in [3.05, 3.63) is 0 Å². The van der Waals surface area contributed by atoms with Gasteiger partial charge in [-0.1, -0.05) is 19.8 Å². The van der Waals surface area contributed by atoms with Gasteiger partial charge in [0.1, 0.15) is 11.0 Å². The van der Waals surface area contributed by atoms with E-state index in [1.54, 1.807) is 0 Å². The molecule has 0 saturated heterocycles. The first kappa shape index (κ1) is 12.9. The van der Waals surface area contributed by atoms with Crippen LogP contribution in [-0.2, 0) is 11.0 Å². The molecular weight excluding hydrogens is 206 g/mol. The molecule has 1 fully saturated rings. The second-order valence-electron chi connectivity index (χ2n) is 5.64. The average Bonchev–Trinajstić information content (AvgIpc) is 2.15. The lowest BCUT2D eigenvalue weighted by molar-refractivity contribution is 0.347. The molecule has 0 amide bonds. The predicted molar refractivity (Wildman–Crippen MR) is 67.5 cm³/mol. The van der Waals surface area contributed by atoms with Gasteiger partial charge < -0.3 is 0 Å². The summed E-state index contributed by atoms with van der Waals surface area (Å²) in [5, 5.41) is 0. The minimum Gasteiger partial charge on any atom is -0.234 e. The summed E-state index contributed by atoms with van der Waals surface area (Å²) in [5.74, 6) is 1.43. The highest BCUT2D eigenvalue weighted by molar-refractivity contribution is 7.85. The fraction of sp³-hybridized carbons (Fsp3) is 0.917. The minimum absolute atomic E-state index is 0.224. The van der Waals surface area contributed by atoms with Gasteiger partial charge in [0, 0.05) is 6.21 Å². The molecule has 0 unspecified atom stereocenters.